The maximum atomic E-state index is 13.1. The van der Waals surface area contributed by atoms with Crippen LogP contribution in [0.25, 0.3) is 0 Å². The zero-order valence-electron chi connectivity index (χ0n) is 18.6. The van der Waals surface area contributed by atoms with Crippen molar-refractivity contribution in [3.05, 3.63) is 78.4 Å². The van der Waals surface area contributed by atoms with E-state index in [0.717, 1.165) is 11.1 Å². The van der Waals surface area contributed by atoms with E-state index in [4.69, 9.17) is 0 Å². The third-order valence-corrected chi connectivity index (χ3v) is 6.54. The standard InChI is InChI=1S/C24H31N3O4S/c1-4-17-25-24(29)19(3)27(18-21-9-7-6-8-10-21)23(28)16-13-20-11-14-22(15-12-20)32(30,31)26-5-2/h4,6-12,14-15,19,26H,1,5,13,16-18H2,2-3H3,(H,25,29)/t19-/m1/s1. The molecule has 2 rings (SSSR count). The van der Waals surface area contributed by atoms with Gasteiger partial charge in [0.05, 0.1) is 4.90 Å². The predicted octanol–water partition coefficient (Wildman–Crippen LogP) is 2.64. The van der Waals surface area contributed by atoms with Crippen LogP contribution in [-0.4, -0.2) is 44.3 Å². The monoisotopic (exact) mass is 457 g/mol. The van der Waals surface area contributed by atoms with Gasteiger partial charge < -0.3 is 10.2 Å². The molecule has 0 unspecified atom stereocenters. The van der Waals surface area contributed by atoms with Gasteiger partial charge in [-0.3, -0.25) is 9.59 Å². The summed E-state index contributed by atoms with van der Waals surface area (Å²) in [7, 11) is -3.51. The smallest absolute Gasteiger partial charge is 0.242 e. The summed E-state index contributed by atoms with van der Waals surface area (Å²) < 4.78 is 26.6. The summed E-state index contributed by atoms with van der Waals surface area (Å²) in [5, 5.41) is 2.74. The zero-order valence-corrected chi connectivity index (χ0v) is 19.4. The minimum Gasteiger partial charge on any atom is -0.351 e. The number of carbonyl (C=O) groups excluding carboxylic acids is 2. The van der Waals surface area contributed by atoms with Crippen molar-refractivity contribution in [2.75, 3.05) is 13.1 Å². The van der Waals surface area contributed by atoms with Crippen LogP contribution in [0.15, 0.2) is 72.1 Å². The highest BCUT2D eigenvalue weighted by Crippen LogP contribution is 2.15. The molecule has 0 aliphatic heterocycles. The fraction of sp³-hybridized carbons (Fsp3) is 0.333. The number of amides is 2. The van der Waals surface area contributed by atoms with Crippen molar-refractivity contribution in [1.29, 1.82) is 0 Å². The Morgan fingerprint density at radius 3 is 2.31 bits per heavy atom. The molecule has 0 heterocycles. The minimum atomic E-state index is -3.51. The summed E-state index contributed by atoms with van der Waals surface area (Å²) in [6.07, 6.45) is 2.23. The number of carbonyl (C=O) groups is 2. The topological polar surface area (TPSA) is 95.6 Å². The van der Waals surface area contributed by atoms with Gasteiger partial charge in [0.2, 0.25) is 21.8 Å². The lowest BCUT2D eigenvalue weighted by Crippen LogP contribution is -2.47. The van der Waals surface area contributed by atoms with Crippen molar-refractivity contribution >= 4 is 21.8 Å². The van der Waals surface area contributed by atoms with E-state index >= 15 is 0 Å². The molecule has 172 valence electrons. The van der Waals surface area contributed by atoms with E-state index in [-0.39, 0.29) is 23.1 Å². The Hall–Kier alpha value is -2.97. The molecule has 8 heteroatoms. The Morgan fingerprint density at radius 1 is 1.06 bits per heavy atom. The molecule has 0 spiro atoms. The van der Waals surface area contributed by atoms with Gasteiger partial charge in [0.25, 0.3) is 0 Å². The highest BCUT2D eigenvalue weighted by molar-refractivity contribution is 7.89. The minimum absolute atomic E-state index is 0.153. The fourth-order valence-electron chi connectivity index (χ4n) is 3.19. The van der Waals surface area contributed by atoms with Crippen molar-refractivity contribution < 1.29 is 18.0 Å². The summed E-state index contributed by atoms with van der Waals surface area (Å²) in [5.74, 6) is -0.397. The first kappa shape index (κ1) is 25.3. The Morgan fingerprint density at radius 2 is 1.72 bits per heavy atom. The van der Waals surface area contributed by atoms with Gasteiger partial charge in [0, 0.05) is 26.1 Å². The van der Waals surface area contributed by atoms with E-state index in [0.29, 0.717) is 26.1 Å². The summed E-state index contributed by atoms with van der Waals surface area (Å²) in [4.78, 5) is 27.3. The molecule has 32 heavy (non-hydrogen) atoms. The highest BCUT2D eigenvalue weighted by Gasteiger charge is 2.25. The van der Waals surface area contributed by atoms with Crippen LogP contribution in [0.4, 0.5) is 0 Å². The van der Waals surface area contributed by atoms with Crippen LogP contribution in [0.3, 0.4) is 0 Å². The normalized spacial score (nSPS) is 12.1. The lowest BCUT2D eigenvalue weighted by atomic mass is 10.1. The van der Waals surface area contributed by atoms with E-state index in [1.165, 1.54) is 12.1 Å². The van der Waals surface area contributed by atoms with Crippen LogP contribution in [0.2, 0.25) is 0 Å². The molecule has 2 amide bonds. The zero-order chi connectivity index (χ0) is 23.6. The first-order chi connectivity index (χ1) is 15.3. The van der Waals surface area contributed by atoms with Crippen LogP contribution in [0.5, 0.6) is 0 Å². The molecule has 0 fully saturated rings. The molecule has 0 saturated heterocycles. The average Bonchev–Trinajstić information content (AvgIpc) is 2.80. The van der Waals surface area contributed by atoms with Gasteiger partial charge in [-0.05, 0) is 36.6 Å². The van der Waals surface area contributed by atoms with Gasteiger partial charge in [-0.1, -0.05) is 55.5 Å². The second kappa shape index (κ2) is 12.2. The second-order valence-electron chi connectivity index (χ2n) is 7.36. The molecule has 2 aromatic carbocycles. The van der Waals surface area contributed by atoms with Gasteiger partial charge >= 0.3 is 0 Å². The predicted molar refractivity (Wildman–Crippen MR) is 125 cm³/mol. The summed E-state index contributed by atoms with van der Waals surface area (Å²) in [6, 6.07) is 15.4. The van der Waals surface area contributed by atoms with E-state index in [1.54, 1.807) is 37.0 Å². The van der Waals surface area contributed by atoms with E-state index in [1.807, 2.05) is 30.3 Å². The van der Waals surface area contributed by atoms with E-state index < -0.39 is 16.1 Å². The lowest BCUT2D eigenvalue weighted by molar-refractivity contribution is -0.140. The summed E-state index contributed by atoms with van der Waals surface area (Å²) >= 11 is 0. The lowest BCUT2D eigenvalue weighted by Gasteiger charge is -2.29. The van der Waals surface area contributed by atoms with Crippen LogP contribution < -0.4 is 10.0 Å². The quantitative estimate of drug-likeness (QED) is 0.479. The Bertz CT molecular complexity index is 1010. The average molecular weight is 458 g/mol. The number of rotatable bonds is 12. The number of nitrogens with zero attached hydrogens (tertiary/aromatic N) is 1. The van der Waals surface area contributed by atoms with Crippen molar-refractivity contribution in [3.63, 3.8) is 0 Å². The first-order valence-electron chi connectivity index (χ1n) is 10.6. The third-order valence-electron chi connectivity index (χ3n) is 4.98. The molecule has 0 aliphatic rings. The number of sulfonamides is 1. The molecular weight excluding hydrogens is 426 g/mol. The Balaban J connectivity index is 2.10. The number of nitrogens with one attached hydrogen (secondary N) is 2. The summed E-state index contributed by atoms with van der Waals surface area (Å²) in [5.41, 5.74) is 1.78. The Kier molecular flexibility index (Phi) is 9.61. The third kappa shape index (κ3) is 7.32. The maximum absolute atomic E-state index is 13.1. The SMILES string of the molecule is C=CCNC(=O)[C@@H](C)N(Cc1ccccc1)C(=O)CCc1ccc(S(=O)(=O)NCC)cc1. The highest BCUT2D eigenvalue weighted by atomic mass is 32.2. The molecule has 0 radical (unpaired) electrons. The molecule has 0 saturated carbocycles. The molecule has 1 atom stereocenters. The van der Waals surface area contributed by atoms with Crippen LogP contribution >= 0.6 is 0 Å². The molecule has 0 aliphatic carbocycles. The van der Waals surface area contributed by atoms with Crippen LogP contribution in [0.1, 0.15) is 31.4 Å². The number of aryl methyl sites for hydroxylation is 1. The second-order valence-corrected chi connectivity index (χ2v) is 9.13. The number of hydrogen-bond acceptors (Lipinski definition) is 4. The maximum Gasteiger partial charge on any atom is 0.242 e. The van der Waals surface area contributed by atoms with Crippen LogP contribution in [-0.2, 0) is 32.6 Å². The molecule has 2 aromatic rings. The van der Waals surface area contributed by atoms with Crippen LogP contribution in [0, 0.1) is 0 Å². The number of hydrogen-bond donors (Lipinski definition) is 2. The van der Waals surface area contributed by atoms with Gasteiger partial charge in [-0.2, -0.15) is 0 Å². The van der Waals surface area contributed by atoms with Gasteiger partial charge in [0.15, 0.2) is 0 Å². The van der Waals surface area contributed by atoms with Crippen molar-refractivity contribution in [2.24, 2.45) is 0 Å². The molecule has 0 bridgehead atoms. The van der Waals surface area contributed by atoms with Gasteiger partial charge in [0.1, 0.15) is 6.04 Å². The molecular formula is C24H31N3O4S. The Labute approximate surface area is 190 Å². The van der Waals surface area contributed by atoms with Crippen molar-refractivity contribution in [1.82, 2.24) is 14.9 Å². The van der Waals surface area contributed by atoms with Gasteiger partial charge in [-0.25, -0.2) is 13.1 Å². The van der Waals surface area contributed by atoms with Crippen molar-refractivity contribution in [3.8, 4) is 0 Å². The number of benzene rings is 2. The van der Waals surface area contributed by atoms with Gasteiger partial charge in [-0.15, -0.1) is 6.58 Å². The summed E-state index contributed by atoms with van der Waals surface area (Å²) in [6.45, 7) is 7.99. The van der Waals surface area contributed by atoms with Crippen molar-refractivity contribution in [2.45, 2.75) is 44.2 Å². The molecule has 0 aromatic heterocycles. The fourth-order valence-corrected chi connectivity index (χ4v) is 4.23. The molecule has 2 N–H and O–H groups in total. The van der Waals surface area contributed by atoms with E-state index in [2.05, 4.69) is 16.6 Å². The first-order valence-corrected chi connectivity index (χ1v) is 12.1. The largest absolute Gasteiger partial charge is 0.351 e. The molecule has 7 nitrogen and oxygen atoms in total. The van der Waals surface area contributed by atoms with E-state index in [9.17, 15) is 18.0 Å².